The minimum atomic E-state index is 0.215. The van der Waals surface area contributed by atoms with Gasteiger partial charge in [-0.15, -0.1) is 0 Å². The standard InChI is InChI=1S/C14H22N2O2/c1-18-14-4-2-3-12(9-14)10-16-7-5-13(11-16)15-6-8-17/h2-4,9,13,15,17H,5-8,10-11H2,1H3. The van der Waals surface area contributed by atoms with Crippen LogP contribution < -0.4 is 10.1 Å². The summed E-state index contributed by atoms with van der Waals surface area (Å²) in [5.41, 5.74) is 1.29. The normalized spacial score (nSPS) is 20.2. The highest BCUT2D eigenvalue weighted by atomic mass is 16.5. The predicted octanol–water partition coefficient (Wildman–Crippen LogP) is 0.851. The van der Waals surface area contributed by atoms with E-state index in [1.165, 1.54) is 5.56 Å². The van der Waals surface area contributed by atoms with E-state index in [4.69, 9.17) is 9.84 Å². The van der Waals surface area contributed by atoms with Crippen LogP contribution in [0.2, 0.25) is 0 Å². The van der Waals surface area contributed by atoms with Crippen LogP contribution in [0.3, 0.4) is 0 Å². The van der Waals surface area contributed by atoms with Crippen molar-refractivity contribution in [2.45, 2.75) is 19.0 Å². The van der Waals surface area contributed by atoms with Crippen molar-refractivity contribution < 1.29 is 9.84 Å². The van der Waals surface area contributed by atoms with Gasteiger partial charge in [-0.1, -0.05) is 12.1 Å². The summed E-state index contributed by atoms with van der Waals surface area (Å²) in [6.45, 7) is 4.04. The van der Waals surface area contributed by atoms with Crippen LogP contribution in [0.4, 0.5) is 0 Å². The van der Waals surface area contributed by atoms with E-state index in [9.17, 15) is 0 Å². The molecule has 0 radical (unpaired) electrons. The number of rotatable bonds is 6. The summed E-state index contributed by atoms with van der Waals surface area (Å²) in [6, 6.07) is 8.75. The smallest absolute Gasteiger partial charge is 0.119 e. The first-order valence-electron chi connectivity index (χ1n) is 6.51. The van der Waals surface area contributed by atoms with Crippen LogP contribution in [0.5, 0.6) is 5.75 Å². The molecular weight excluding hydrogens is 228 g/mol. The summed E-state index contributed by atoms with van der Waals surface area (Å²) >= 11 is 0. The number of nitrogens with one attached hydrogen (secondary N) is 1. The molecule has 1 saturated heterocycles. The van der Waals surface area contributed by atoms with E-state index in [1.807, 2.05) is 12.1 Å². The summed E-state index contributed by atoms with van der Waals surface area (Å²) in [5.74, 6) is 0.918. The molecule has 100 valence electrons. The van der Waals surface area contributed by atoms with Gasteiger partial charge in [0.1, 0.15) is 5.75 Å². The number of ether oxygens (including phenoxy) is 1. The third kappa shape index (κ3) is 3.70. The first kappa shape index (κ1) is 13.3. The average molecular weight is 250 g/mol. The van der Waals surface area contributed by atoms with Crippen molar-refractivity contribution in [1.29, 1.82) is 0 Å². The van der Waals surface area contributed by atoms with Crippen molar-refractivity contribution in [2.75, 3.05) is 33.4 Å². The molecule has 0 aliphatic carbocycles. The summed E-state index contributed by atoms with van der Waals surface area (Å²) in [6.07, 6.45) is 1.16. The quantitative estimate of drug-likeness (QED) is 0.786. The Kier molecular flexibility index (Phi) is 4.99. The fourth-order valence-corrected chi connectivity index (χ4v) is 2.44. The summed E-state index contributed by atoms with van der Waals surface area (Å²) in [4.78, 5) is 2.43. The van der Waals surface area contributed by atoms with E-state index in [1.54, 1.807) is 7.11 Å². The molecule has 0 spiro atoms. The summed E-state index contributed by atoms with van der Waals surface area (Å²) in [5, 5.41) is 12.1. The number of aliphatic hydroxyl groups is 1. The molecule has 1 aromatic rings. The Balaban J connectivity index is 1.83. The number of nitrogens with zero attached hydrogens (tertiary/aromatic N) is 1. The predicted molar refractivity (Wildman–Crippen MR) is 71.8 cm³/mol. The van der Waals surface area contributed by atoms with E-state index in [2.05, 4.69) is 22.3 Å². The Morgan fingerprint density at radius 1 is 1.50 bits per heavy atom. The van der Waals surface area contributed by atoms with Gasteiger partial charge >= 0.3 is 0 Å². The lowest BCUT2D eigenvalue weighted by Crippen LogP contribution is -2.34. The molecule has 0 aromatic heterocycles. The van der Waals surface area contributed by atoms with Crippen molar-refractivity contribution in [1.82, 2.24) is 10.2 Å². The molecule has 2 N–H and O–H groups in total. The first-order valence-corrected chi connectivity index (χ1v) is 6.51. The highest BCUT2D eigenvalue weighted by molar-refractivity contribution is 5.28. The van der Waals surface area contributed by atoms with E-state index < -0.39 is 0 Å². The van der Waals surface area contributed by atoms with Gasteiger partial charge in [0.15, 0.2) is 0 Å². The Labute approximate surface area is 109 Å². The lowest BCUT2D eigenvalue weighted by atomic mass is 10.2. The van der Waals surface area contributed by atoms with Crippen molar-refractivity contribution in [2.24, 2.45) is 0 Å². The number of hydrogen-bond acceptors (Lipinski definition) is 4. The number of hydrogen-bond donors (Lipinski definition) is 2. The van der Waals surface area contributed by atoms with Gasteiger partial charge in [-0.25, -0.2) is 0 Å². The molecule has 0 bridgehead atoms. The lowest BCUT2D eigenvalue weighted by molar-refractivity contribution is 0.278. The number of aliphatic hydroxyl groups excluding tert-OH is 1. The fourth-order valence-electron chi connectivity index (χ4n) is 2.44. The third-order valence-electron chi connectivity index (χ3n) is 3.36. The van der Waals surface area contributed by atoms with E-state index in [0.29, 0.717) is 12.6 Å². The summed E-state index contributed by atoms with van der Waals surface area (Å²) in [7, 11) is 1.70. The van der Waals surface area contributed by atoms with Gasteiger partial charge in [-0.05, 0) is 24.1 Å². The van der Waals surface area contributed by atoms with Gasteiger partial charge < -0.3 is 15.2 Å². The first-order chi connectivity index (χ1) is 8.81. The molecule has 1 atom stereocenters. The third-order valence-corrected chi connectivity index (χ3v) is 3.36. The lowest BCUT2D eigenvalue weighted by Gasteiger charge is -2.17. The monoisotopic (exact) mass is 250 g/mol. The second-order valence-electron chi connectivity index (χ2n) is 4.75. The Hall–Kier alpha value is -1.10. The minimum Gasteiger partial charge on any atom is -0.497 e. The van der Waals surface area contributed by atoms with Crippen LogP contribution >= 0.6 is 0 Å². The molecule has 1 aliphatic heterocycles. The number of likely N-dealkylation sites (tertiary alicyclic amines) is 1. The van der Waals surface area contributed by atoms with Crippen LogP contribution in [0.1, 0.15) is 12.0 Å². The molecule has 1 aliphatic rings. The van der Waals surface area contributed by atoms with E-state index >= 15 is 0 Å². The van der Waals surface area contributed by atoms with Gasteiger partial charge in [0.05, 0.1) is 13.7 Å². The van der Waals surface area contributed by atoms with Crippen molar-refractivity contribution in [3.8, 4) is 5.75 Å². The second-order valence-corrected chi connectivity index (χ2v) is 4.75. The molecule has 1 aromatic carbocycles. The van der Waals surface area contributed by atoms with Crippen LogP contribution in [-0.4, -0.2) is 49.4 Å². The highest BCUT2D eigenvalue weighted by Gasteiger charge is 2.21. The van der Waals surface area contributed by atoms with E-state index in [-0.39, 0.29) is 6.61 Å². The zero-order valence-electron chi connectivity index (χ0n) is 10.9. The number of methoxy groups -OCH3 is 1. The highest BCUT2D eigenvalue weighted by Crippen LogP contribution is 2.17. The van der Waals surface area contributed by atoms with Gasteiger partial charge in [-0.2, -0.15) is 0 Å². The Morgan fingerprint density at radius 3 is 3.17 bits per heavy atom. The molecule has 0 saturated carbocycles. The average Bonchev–Trinajstić information content (AvgIpc) is 2.84. The molecule has 4 heteroatoms. The number of benzene rings is 1. The molecule has 0 amide bonds. The molecule has 4 nitrogen and oxygen atoms in total. The maximum Gasteiger partial charge on any atom is 0.119 e. The Bertz CT molecular complexity index is 371. The van der Waals surface area contributed by atoms with Crippen LogP contribution in [-0.2, 0) is 6.54 Å². The minimum absolute atomic E-state index is 0.215. The molecular formula is C14H22N2O2. The van der Waals surface area contributed by atoms with Crippen LogP contribution in [0.25, 0.3) is 0 Å². The van der Waals surface area contributed by atoms with Gasteiger partial charge in [0.25, 0.3) is 0 Å². The van der Waals surface area contributed by atoms with Gasteiger partial charge in [0, 0.05) is 32.2 Å². The maximum atomic E-state index is 8.80. The van der Waals surface area contributed by atoms with Crippen LogP contribution in [0, 0.1) is 0 Å². The molecule has 18 heavy (non-hydrogen) atoms. The molecule has 1 heterocycles. The largest absolute Gasteiger partial charge is 0.497 e. The second kappa shape index (κ2) is 6.73. The van der Waals surface area contributed by atoms with Gasteiger partial charge in [-0.3, -0.25) is 4.90 Å². The molecule has 1 fully saturated rings. The maximum absolute atomic E-state index is 8.80. The van der Waals surface area contributed by atoms with Crippen molar-refractivity contribution >= 4 is 0 Å². The zero-order valence-corrected chi connectivity index (χ0v) is 10.9. The zero-order chi connectivity index (χ0) is 12.8. The Morgan fingerprint density at radius 2 is 2.39 bits per heavy atom. The van der Waals surface area contributed by atoms with Crippen LogP contribution in [0.15, 0.2) is 24.3 Å². The fraction of sp³-hybridized carbons (Fsp3) is 0.571. The summed E-state index contributed by atoms with van der Waals surface area (Å²) < 4.78 is 5.23. The van der Waals surface area contributed by atoms with Gasteiger partial charge in [0.2, 0.25) is 0 Å². The molecule has 2 rings (SSSR count). The topological polar surface area (TPSA) is 44.7 Å². The SMILES string of the molecule is COc1cccc(CN2CCC(NCCO)C2)c1. The van der Waals surface area contributed by atoms with Crippen molar-refractivity contribution in [3.63, 3.8) is 0 Å². The molecule has 1 unspecified atom stereocenters. The van der Waals surface area contributed by atoms with Crippen molar-refractivity contribution in [3.05, 3.63) is 29.8 Å². The van der Waals surface area contributed by atoms with E-state index in [0.717, 1.165) is 31.8 Å².